The molecule has 3 heterocycles. The molecule has 2 aromatic carbocycles. The second-order valence-corrected chi connectivity index (χ2v) is 10.6. The van der Waals surface area contributed by atoms with Crippen molar-refractivity contribution in [2.24, 2.45) is 0 Å². The van der Waals surface area contributed by atoms with E-state index in [9.17, 15) is 4.79 Å². The number of halogens is 1. The molecule has 206 valence electrons. The molecule has 0 saturated carbocycles. The lowest BCUT2D eigenvalue weighted by Gasteiger charge is -2.28. The first-order chi connectivity index (χ1) is 19.3. The Balaban J connectivity index is 1.62. The van der Waals surface area contributed by atoms with E-state index in [0.717, 1.165) is 34.8 Å². The fraction of sp³-hybridized carbons (Fsp3) is 0.258. The van der Waals surface area contributed by atoms with Crippen LogP contribution in [0.3, 0.4) is 0 Å². The van der Waals surface area contributed by atoms with Gasteiger partial charge in [0.05, 0.1) is 28.5 Å². The molecule has 40 heavy (non-hydrogen) atoms. The molecule has 7 nitrogen and oxygen atoms in total. The molecule has 1 aliphatic heterocycles. The maximum Gasteiger partial charge on any atom is 0.250 e. The number of carbonyl (C=O) groups excluding carboxylic acids is 1. The van der Waals surface area contributed by atoms with Crippen LogP contribution >= 0.6 is 23.8 Å². The number of amides is 1. The van der Waals surface area contributed by atoms with Gasteiger partial charge in [-0.15, -0.1) is 0 Å². The van der Waals surface area contributed by atoms with Crippen molar-refractivity contribution in [3.05, 3.63) is 106 Å². The number of thiocarbonyl (C=S) groups is 1. The highest BCUT2D eigenvalue weighted by atomic mass is 35.5. The number of anilines is 2. The Morgan fingerprint density at radius 2 is 1.90 bits per heavy atom. The number of pyridine rings is 1. The molecule has 1 fully saturated rings. The Bertz CT molecular complexity index is 1550. The zero-order valence-corrected chi connectivity index (χ0v) is 24.5. The van der Waals surface area contributed by atoms with Crippen LogP contribution in [0.2, 0.25) is 5.02 Å². The highest BCUT2D eigenvalue weighted by Gasteiger charge is 2.42. The number of hydrogen-bond acceptors (Lipinski definition) is 4. The number of para-hydroxylation sites is 1. The minimum atomic E-state index is -0.275. The van der Waals surface area contributed by atoms with Gasteiger partial charge in [0, 0.05) is 36.1 Å². The first kappa shape index (κ1) is 27.8. The highest BCUT2D eigenvalue weighted by Crippen LogP contribution is 2.45. The van der Waals surface area contributed by atoms with E-state index >= 15 is 0 Å². The lowest BCUT2D eigenvalue weighted by atomic mass is 9.96. The van der Waals surface area contributed by atoms with Crippen LogP contribution in [0.15, 0.2) is 72.9 Å². The van der Waals surface area contributed by atoms with Gasteiger partial charge in [-0.1, -0.05) is 42.8 Å². The van der Waals surface area contributed by atoms with E-state index in [1.165, 1.54) is 18.4 Å². The molecule has 1 saturated heterocycles. The first-order valence-corrected chi connectivity index (χ1v) is 14.0. The van der Waals surface area contributed by atoms with Crippen LogP contribution in [-0.4, -0.2) is 34.3 Å². The van der Waals surface area contributed by atoms with Crippen LogP contribution in [-0.2, 0) is 16.0 Å². The molecule has 0 unspecified atom stereocenters. The molecule has 5 rings (SSSR count). The molecule has 0 spiro atoms. The molecule has 4 aromatic rings. The molecule has 2 atom stereocenters. The number of aromatic nitrogens is 2. The Morgan fingerprint density at radius 1 is 1.12 bits per heavy atom. The number of rotatable bonds is 8. The van der Waals surface area contributed by atoms with Gasteiger partial charge in [-0.05, 0) is 86.1 Å². The lowest BCUT2D eigenvalue weighted by molar-refractivity contribution is -0.119. The van der Waals surface area contributed by atoms with E-state index in [0.29, 0.717) is 15.8 Å². The zero-order chi connectivity index (χ0) is 28.4. The van der Waals surface area contributed by atoms with Gasteiger partial charge in [0.25, 0.3) is 0 Å². The van der Waals surface area contributed by atoms with Crippen LogP contribution in [0.25, 0.3) is 5.69 Å². The SMILES string of the molecule is CCc1ccccc1-n1c(C)cc([C@H]2[C@@H](c3ccccn3)NC(=S)N2c2ccc(NC(=O)COC)c(Cl)c2)c1C. The second-order valence-electron chi connectivity index (χ2n) is 9.79. The van der Waals surface area contributed by atoms with Crippen LogP contribution < -0.4 is 15.5 Å². The third-order valence-corrected chi connectivity index (χ3v) is 7.91. The van der Waals surface area contributed by atoms with Gasteiger partial charge >= 0.3 is 0 Å². The molecule has 2 N–H and O–H groups in total. The number of hydrogen-bond donors (Lipinski definition) is 2. The first-order valence-electron chi connectivity index (χ1n) is 13.2. The van der Waals surface area contributed by atoms with E-state index in [1.807, 2.05) is 30.3 Å². The minimum absolute atomic E-state index is 0.0528. The van der Waals surface area contributed by atoms with E-state index in [1.54, 1.807) is 12.3 Å². The average Bonchev–Trinajstić information content (AvgIpc) is 3.45. The average molecular weight is 574 g/mol. The van der Waals surface area contributed by atoms with Crippen LogP contribution in [0.4, 0.5) is 11.4 Å². The summed E-state index contributed by atoms with van der Waals surface area (Å²) in [5.74, 6) is -0.275. The Kier molecular flexibility index (Phi) is 8.21. The van der Waals surface area contributed by atoms with Crippen molar-refractivity contribution in [2.75, 3.05) is 23.9 Å². The second kappa shape index (κ2) is 11.8. The highest BCUT2D eigenvalue weighted by molar-refractivity contribution is 7.80. The van der Waals surface area contributed by atoms with Gasteiger partial charge < -0.3 is 24.8 Å². The summed E-state index contributed by atoms with van der Waals surface area (Å²) >= 11 is 12.6. The quantitative estimate of drug-likeness (QED) is 0.236. The minimum Gasteiger partial charge on any atom is -0.375 e. The third kappa shape index (κ3) is 5.22. The topological polar surface area (TPSA) is 71.4 Å². The van der Waals surface area contributed by atoms with Crippen molar-refractivity contribution in [3.63, 3.8) is 0 Å². The molecule has 1 aliphatic rings. The maximum atomic E-state index is 12.1. The zero-order valence-electron chi connectivity index (χ0n) is 22.9. The summed E-state index contributed by atoms with van der Waals surface area (Å²) in [6.07, 6.45) is 2.74. The van der Waals surface area contributed by atoms with Crippen molar-refractivity contribution < 1.29 is 9.53 Å². The van der Waals surface area contributed by atoms with Gasteiger partial charge in [-0.2, -0.15) is 0 Å². The van der Waals surface area contributed by atoms with Gasteiger partial charge in [0.2, 0.25) is 5.91 Å². The summed E-state index contributed by atoms with van der Waals surface area (Å²) < 4.78 is 7.25. The smallest absolute Gasteiger partial charge is 0.250 e. The number of nitrogens with one attached hydrogen (secondary N) is 2. The molecule has 0 radical (unpaired) electrons. The normalized spacial score (nSPS) is 16.7. The van der Waals surface area contributed by atoms with Crippen LogP contribution in [0.5, 0.6) is 0 Å². The molecule has 9 heteroatoms. The molecule has 0 aliphatic carbocycles. The number of aryl methyl sites for hydroxylation is 2. The molecule has 1 amide bonds. The summed E-state index contributed by atoms with van der Waals surface area (Å²) in [6, 6.07) is 21.8. The van der Waals surface area contributed by atoms with Gasteiger partial charge in [0.1, 0.15) is 6.61 Å². The number of methoxy groups -OCH3 is 1. The predicted octanol–water partition coefficient (Wildman–Crippen LogP) is 6.47. The Hall–Kier alpha value is -3.72. The molecular formula is C31H32ClN5O2S. The van der Waals surface area contributed by atoms with Gasteiger partial charge in [0.15, 0.2) is 5.11 Å². The molecular weight excluding hydrogens is 542 g/mol. The van der Waals surface area contributed by atoms with Crippen molar-refractivity contribution in [1.29, 1.82) is 0 Å². The van der Waals surface area contributed by atoms with Crippen LogP contribution in [0, 0.1) is 13.8 Å². The summed E-state index contributed by atoms with van der Waals surface area (Å²) in [6.45, 7) is 6.42. The lowest BCUT2D eigenvalue weighted by Crippen LogP contribution is -2.29. The Labute approximate surface area is 245 Å². The number of carbonyl (C=O) groups is 1. The van der Waals surface area contributed by atoms with Crippen molar-refractivity contribution in [3.8, 4) is 5.69 Å². The van der Waals surface area contributed by atoms with Crippen molar-refractivity contribution in [1.82, 2.24) is 14.9 Å². The maximum absolute atomic E-state index is 12.1. The summed E-state index contributed by atoms with van der Waals surface area (Å²) in [7, 11) is 1.47. The Morgan fingerprint density at radius 3 is 2.60 bits per heavy atom. The fourth-order valence-corrected chi connectivity index (χ4v) is 6.08. The number of ether oxygens (including phenoxy) is 1. The third-order valence-electron chi connectivity index (χ3n) is 7.28. The van der Waals surface area contributed by atoms with Crippen molar-refractivity contribution in [2.45, 2.75) is 39.3 Å². The van der Waals surface area contributed by atoms with Gasteiger partial charge in [-0.3, -0.25) is 9.78 Å². The number of nitrogens with zero attached hydrogens (tertiary/aromatic N) is 3. The van der Waals surface area contributed by atoms with E-state index in [-0.39, 0.29) is 24.6 Å². The molecule has 2 aromatic heterocycles. The monoisotopic (exact) mass is 573 g/mol. The fourth-order valence-electron chi connectivity index (χ4n) is 5.51. The summed E-state index contributed by atoms with van der Waals surface area (Å²) in [4.78, 5) is 18.9. The van der Waals surface area contributed by atoms with Gasteiger partial charge in [-0.25, -0.2) is 0 Å². The summed E-state index contributed by atoms with van der Waals surface area (Å²) in [5, 5.41) is 7.30. The van der Waals surface area contributed by atoms with Crippen LogP contribution in [0.1, 0.15) is 47.2 Å². The predicted molar refractivity (Wildman–Crippen MR) is 165 cm³/mol. The standard InChI is InChI=1S/C31H32ClN5O2S/c1-5-21-10-6-7-12-27(21)36-19(2)16-23(20(36)3)30-29(26-11-8-9-15-33-26)35-31(40)37(30)22-13-14-25(24(32)17-22)34-28(38)18-39-4/h6-17,29-30H,5,18H2,1-4H3,(H,34,38)(H,35,40)/t29-,30+/m1/s1. The summed E-state index contributed by atoms with van der Waals surface area (Å²) in [5.41, 5.74) is 8.10. The largest absolute Gasteiger partial charge is 0.375 e. The van der Waals surface area contributed by atoms with Crippen molar-refractivity contribution >= 4 is 46.2 Å². The number of benzene rings is 2. The molecule has 0 bridgehead atoms. The van der Waals surface area contributed by atoms with E-state index in [2.05, 4.69) is 76.2 Å². The van der Waals surface area contributed by atoms with E-state index in [4.69, 9.17) is 28.6 Å². The van der Waals surface area contributed by atoms with E-state index < -0.39 is 0 Å².